The molecule has 2 atom stereocenters. The number of furan rings is 1. The zero-order valence-electron chi connectivity index (χ0n) is 14.5. The summed E-state index contributed by atoms with van der Waals surface area (Å²) in [5.74, 6) is 0.805. The van der Waals surface area contributed by atoms with E-state index in [1.54, 1.807) is 6.26 Å². The van der Waals surface area contributed by atoms with Gasteiger partial charge in [0.1, 0.15) is 0 Å². The average Bonchev–Trinajstić information content (AvgIpc) is 3.14. The van der Waals surface area contributed by atoms with E-state index in [0.717, 1.165) is 22.6 Å². The second-order valence-electron chi connectivity index (χ2n) is 6.24. The predicted molar refractivity (Wildman–Crippen MR) is 98.2 cm³/mol. The number of anilines is 1. The molecule has 4 heteroatoms. The highest BCUT2D eigenvalue weighted by molar-refractivity contribution is 5.93. The van der Waals surface area contributed by atoms with Gasteiger partial charge in [0.2, 0.25) is 0 Å². The minimum absolute atomic E-state index is 0.0295. The first-order valence-electron chi connectivity index (χ1n) is 8.44. The number of nitrogens with two attached hydrogens (primary N) is 1. The van der Waals surface area contributed by atoms with Crippen LogP contribution in [0, 0.1) is 6.92 Å². The summed E-state index contributed by atoms with van der Waals surface area (Å²) in [6, 6.07) is 21.4. The van der Waals surface area contributed by atoms with Gasteiger partial charge in [-0.1, -0.05) is 42.5 Å². The fraction of sp³-hybridized carbons (Fsp3) is 0.190. The number of rotatable bonds is 6. The van der Waals surface area contributed by atoms with Gasteiger partial charge in [0.15, 0.2) is 17.8 Å². The van der Waals surface area contributed by atoms with Gasteiger partial charge in [0.25, 0.3) is 5.91 Å². The summed E-state index contributed by atoms with van der Waals surface area (Å²) < 4.78 is 5.60. The monoisotopic (exact) mass is 335 g/mol. The second-order valence-corrected chi connectivity index (χ2v) is 6.24. The Morgan fingerprint density at radius 1 is 1.04 bits per heavy atom. The van der Waals surface area contributed by atoms with E-state index in [9.17, 15) is 4.79 Å². The smallest absolute Gasteiger partial charge is 0.282 e. The third-order valence-electron chi connectivity index (χ3n) is 4.19. The lowest BCUT2D eigenvalue weighted by molar-refractivity contribution is -0.706. The summed E-state index contributed by atoms with van der Waals surface area (Å²) in [6.07, 6.45) is 1.66. The fourth-order valence-corrected chi connectivity index (χ4v) is 2.85. The quantitative estimate of drug-likeness (QED) is 0.726. The minimum Gasteiger partial charge on any atom is -0.463 e. The Labute approximate surface area is 147 Å². The highest BCUT2D eigenvalue weighted by atomic mass is 16.3. The van der Waals surface area contributed by atoms with E-state index in [4.69, 9.17) is 4.42 Å². The molecule has 25 heavy (non-hydrogen) atoms. The highest BCUT2D eigenvalue weighted by Gasteiger charge is 2.26. The Morgan fingerprint density at radius 2 is 1.84 bits per heavy atom. The second kappa shape index (κ2) is 7.81. The number of benzene rings is 2. The largest absolute Gasteiger partial charge is 0.463 e. The molecule has 0 aliphatic heterocycles. The van der Waals surface area contributed by atoms with Crippen LogP contribution in [0.4, 0.5) is 5.69 Å². The molecule has 1 heterocycles. The topological polar surface area (TPSA) is 58.9 Å². The Hall–Kier alpha value is -2.85. The molecule has 0 unspecified atom stereocenters. The van der Waals surface area contributed by atoms with Crippen molar-refractivity contribution in [1.29, 1.82) is 0 Å². The van der Waals surface area contributed by atoms with Gasteiger partial charge >= 0.3 is 0 Å². The summed E-state index contributed by atoms with van der Waals surface area (Å²) in [5.41, 5.74) is 3.04. The number of aryl methyl sites for hydroxylation is 1. The Balaban J connectivity index is 1.74. The molecule has 3 N–H and O–H groups in total. The van der Waals surface area contributed by atoms with E-state index in [0.29, 0.717) is 0 Å². The van der Waals surface area contributed by atoms with Crippen LogP contribution in [0.1, 0.15) is 29.9 Å². The van der Waals surface area contributed by atoms with E-state index in [1.165, 1.54) is 0 Å². The van der Waals surface area contributed by atoms with Crippen LogP contribution in [-0.2, 0) is 4.79 Å². The molecule has 1 amide bonds. The third kappa shape index (κ3) is 4.37. The number of carbonyl (C=O) groups excluding carboxylic acids is 1. The zero-order chi connectivity index (χ0) is 17.6. The maximum absolute atomic E-state index is 12.6. The molecule has 0 bridgehead atoms. The van der Waals surface area contributed by atoms with Gasteiger partial charge in [-0.2, -0.15) is 0 Å². The number of amides is 1. The van der Waals surface area contributed by atoms with Crippen molar-refractivity contribution in [3.63, 3.8) is 0 Å². The zero-order valence-corrected chi connectivity index (χ0v) is 14.5. The van der Waals surface area contributed by atoms with Crippen LogP contribution in [0.15, 0.2) is 77.4 Å². The van der Waals surface area contributed by atoms with Crippen molar-refractivity contribution in [3.8, 4) is 0 Å². The van der Waals surface area contributed by atoms with Crippen LogP contribution in [0.25, 0.3) is 0 Å². The van der Waals surface area contributed by atoms with Gasteiger partial charge in [-0.25, -0.2) is 0 Å². The van der Waals surface area contributed by atoms with E-state index in [1.807, 2.05) is 73.8 Å². The van der Waals surface area contributed by atoms with Gasteiger partial charge in [-0.3, -0.25) is 4.79 Å². The summed E-state index contributed by atoms with van der Waals surface area (Å²) in [7, 11) is 0. The van der Waals surface area contributed by atoms with Crippen LogP contribution < -0.4 is 10.6 Å². The molecule has 128 valence electrons. The van der Waals surface area contributed by atoms with Gasteiger partial charge in [-0.05, 0) is 43.7 Å². The number of quaternary nitrogens is 1. The number of hydrogen-bond acceptors (Lipinski definition) is 2. The van der Waals surface area contributed by atoms with Crippen molar-refractivity contribution in [2.75, 3.05) is 5.32 Å². The molecule has 0 saturated heterocycles. The molecule has 0 fully saturated rings. The van der Waals surface area contributed by atoms with Crippen molar-refractivity contribution in [2.24, 2.45) is 0 Å². The van der Waals surface area contributed by atoms with E-state index in [-0.39, 0.29) is 18.0 Å². The average molecular weight is 335 g/mol. The SMILES string of the molecule is Cc1cccc(NC(=O)[C@@H](C)[NH2+][C@@H](c2ccccc2)c2ccco2)c1. The summed E-state index contributed by atoms with van der Waals surface area (Å²) in [4.78, 5) is 12.6. The van der Waals surface area contributed by atoms with Gasteiger partial charge < -0.3 is 15.1 Å². The van der Waals surface area contributed by atoms with Gasteiger partial charge in [-0.15, -0.1) is 0 Å². The fourth-order valence-electron chi connectivity index (χ4n) is 2.85. The lowest BCUT2D eigenvalue weighted by atomic mass is 10.0. The first-order valence-corrected chi connectivity index (χ1v) is 8.44. The third-order valence-corrected chi connectivity index (χ3v) is 4.19. The number of nitrogens with one attached hydrogen (secondary N) is 1. The lowest BCUT2D eigenvalue weighted by Crippen LogP contribution is -2.92. The molecule has 0 aliphatic rings. The molecule has 4 nitrogen and oxygen atoms in total. The molecular formula is C21H23N2O2+. The molecule has 0 spiro atoms. The lowest BCUT2D eigenvalue weighted by Gasteiger charge is -2.19. The molecular weight excluding hydrogens is 312 g/mol. The number of hydrogen-bond donors (Lipinski definition) is 2. The van der Waals surface area contributed by atoms with Gasteiger partial charge in [0.05, 0.1) is 6.26 Å². The van der Waals surface area contributed by atoms with Crippen LogP contribution in [-0.4, -0.2) is 11.9 Å². The van der Waals surface area contributed by atoms with Crippen LogP contribution in [0.3, 0.4) is 0 Å². The maximum atomic E-state index is 12.6. The number of carbonyl (C=O) groups is 1. The predicted octanol–water partition coefficient (Wildman–Crippen LogP) is 3.27. The Morgan fingerprint density at radius 3 is 2.52 bits per heavy atom. The van der Waals surface area contributed by atoms with E-state index < -0.39 is 0 Å². The first kappa shape index (κ1) is 17.0. The molecule has 0 radical (unpaired) electrons. The van der Waals surface area contributed by atoms with E-state index >= 15 is 0 Å². The first-order chi connectivity index (χ1) is 12.1. The van der Waals surface area contributed by atoms with Crippen molar-refractivity contribution < 1.29 is 14.5 Å². The summed E-state index contributed by atoms with van der Waals surface area (Å²) in [6.45, 7) is 3.91. The molecule has 0 aliphatic carbocycles. The molecule has 2 aromatic carbocycles. The van der Waals surface area contributed by atoms with Crippen LogP contribution >= 0.6 is 0 Å². The van der Waals surface area contributed by atoms with Gasteiger partial charge in [0, 0.05) is 11.3 Å². The van der Waals surface area contributed by atoms with Crippen LogP contribution in [0.2, 0.25) is 0 Å². The summed E-state index contributed by atoms with van der Waals surface area (Å²) in [5, 5.41) is 5.01. The molecule has 3 aromatic rings. The summed E-state index contributed by atoms with van der Waals surface area (Å²) >= 11 is 0. The van der Waals surface area contributed by atoms with E-state index in [2.05, 4.69) is 17.4 Å². The van der Waals surface area contributed by atoms with Crippen molar-refractivity contribution in [1.82, 2.24) is 0 Å². The standard InChI is InChI=1S/C21H22N2O2/c1-15-8-6-11-18(14-15)23-21(24)16(2)22-20(19-12-7-13-25-19)17-9-4-3-5-10-17/h3-14,16,20,22H,1-2H3,(H,23,24)/p+1/t16-,20+/m1/s1. The normalized spacial score (nSPS) is 13.2. The highest BCUT2D eigenvalue weighted by Crippen LogP contribution is 2.18. The Kier molecular flexibility index (Phi) is 5.31. The Bertz CT molecular complexity index is 813. The van der Waals surface area contributed by atoms with Crippen molar-refractivity contribution in [3.05, 3.63) is 89.9 Å². The molecule has 1 aromatic heterocycles. The van der Waals surface area contributed by atoms with Crippen molar-refractivity contribution in [2.45, 2.75) is 25.9 Å². The molecule has 0 saturated carbocycles. The maximum Gasteiger partial charge on any atom is 0.282 e. The van der Waals surface area contributed by atoms with Crippen LogP contribution in [0.5, 0.6) is 0 Å². The van der Waals surface area contributed by atoms with Crippen molar-refractivity contribution >= 4 is 11.6 Å². The molecule has 3 rings (SSSR count). The minimum atomic E-state index is -0.268.